The Morgan fingerprint density at radius 1 is 0.427 bits per heavy atom. The number of hydrogen-bond acceptors (Lipinski definition) is 25. The fraction of sp³-hybridized carbons (Fsp3) is 0.295. The first-order valence-corrected chi connectivity index (χ1v) is 44.2. The number of thiazole rings is 3. The van der Waals surface area contributed by atoms with Gasteiger partial charge in [-0.25, -0.2) is 34.1 Å². The summed E-state index contributed by atoms with van der Waals surface area (Å²) >= 11 is 11.6. The van der Waals surface area contributed by atoms with Crippen LogP contribution in [0.5, 0.6) is 0 Å². The summed E-state index contributed by atoms with van der Waals surface area (Å²) in [5, 5.41) is 51.6. The number of Topliss-reactive ketones (excluding diaryl/α,β-unsaturated/α-hetero) is 1. The zero-order valence-electron chi connectivity index (χ0n) is 70.0. The molecule has 8 N–H and O–H groups in total. The second-order valence-corrected chi connectivity index (χ2v) is 36.4. The van der Waals surface area contributed by atoms with E-state index < -0.39 is 101 Å². The van der Waals surface area contributed by atoms with E-state index in [1.165, 1.54) is 82.5 Å². The van der Waals surface area contributed by atoms with Crippen molar-refractivity contribution in [3.05, 3.63) is 308 Å². The van der Waals surface area contributed by atoms with Crippen LogP contribution in [0.25, 0.3) is 33.8 Å². The molecule has 4 amide bonds. The number of nitro groups is 3. The molecule has 0 aliphatic heterocycles. The number of ether oxygens (including phenoxy) is 4. The van der Waals surface area contributed by atoms with Gasteiger partial charge in [-0.2, -0.15) is 21.0 Å². The Hall–Kier alpha value is -11.9. The largest absolute Gasteiger partial charge is 0.444 e. The van der Waals surface area contributed by atoms with Crippen LogP contribution in [-0.4, -0.2) is 112 Å². The lowest BCUT2D eigenvalue weighted by molar-refractivity contribution is -0.385. The van der Waals surface area contributed by atoms with Gasteiger partial charge in [0.25, 0.3) is 17.1 Å². The quantitative estimate of drug-likeness (QED) is 0.00365. The third-order valence-corrected chi connectivity index (χ3v) is 20.7. The highest BCUT2D eigenvalue weighted by Gasteiger charge is 2.29. The van der Waals surface area contributed by atoms with Crippen molar-refractivity contribution in [1.82, 2.24) is 36.2 Å². The predicted molar refractivity (Wildman–Crippen MR) is 489 cm³/mol. The first-order chi connectivity index (χ1) is 58.3. The Labute approximate surface area is 745 Å². The van der Waals surface area contributed by atoms with Gasteiger partial charge in [-0.1, -0.05) is 186 Å². The number of anilines is 1. The molecule has 124 heavy (non-hydrogen) atoms. The standard InChI is InChI=1S/C22H25N3O5S2.2C22H23N3O4S.C14H21N3O4S.C8H7BrO/c1-22(2,3)30-21(26)24-18(13-15-9-11-17(12-10-15)25-32(27,28)29)20-23-19(14-31-20)16-7-5-4-6-8-16;2*1-22(2,3)29-21(26)24-18(13-15-9-11-17(12-10-15)25(27)28)20-23-19(14-30-20)16-7-5-4-6-8-16;1-14(2,3)21-13(18)16-11(12(15)22)8-9-4-6-10(7-5-9)17(19)20;9-6-8(10)7-4-2-1-3-5-7/h4-12,14,18,25H,13H2,1-3H3,(H,24,26)(H,27,28,29);2*4-12,14,18H,13H2,1-3H3,(H,24,26);4-7,11-12,22H,8,15H2,1-3H3,(H,16,18);1-5H,6H2/t3*18-;11-,12?;/m0000./s1. The van der Waals surface area contributed by atoms with E-state index in [1.807, 2.05) is 142 Å². The Balaban J connectivity index is 0.000000220. The fourth-order valence-corrected chi connectivity index (χ4v) is 14.6. The van der Waals surface area contributed by atoms with Gasteiger partial charge in [0.1, 0.15) is 37.4 Å². The summed E-state index contributed by atoms with van der Waals surface area (Å²) < 4.78 is 54.3. The van der Waals surface area contributed by atoms with E-state index in [0.29, 0.717) is 31.0 Å². The highest BCUT2D eigenvalue weighted by atomic mass is 79.9. The Morgan fingerprint density at radius 3 is 0.935 bits per heavy atom. The van der Waals surface area contributed by atoms with Gasteiger partial charge in [-0.05, 0) is 143 Å². The van der Waals surface area contributed by atoms with E-state index in [2.05, 4.69) is 49.8 Å². The van der Waals surface area contributed by atoms with Gasteiger partial charge in [-0.15, -0.1) is 34.0 Å². The average Bonchev–Trinajstić information content (AvgIpc) is 1.69. The number of hydrogen-bond donors (Lipinski definition) is 8. The summed E-state index contributed by atoms with van der Waals surface area (Å²) in [5.41, 5.74) is 13.1. The molecule has 3 heterocycles. The molecule has 30 nitrogen and oxygen atoms in total. The first-order valence-electron chi connectivity index (χ1n) is 38.5. The van der Waals surface area contributed by atoms with Crippen molar-refractivity contribution >= 4 is 126 Å². The van der Waals surface area contributed by atoms with E-state index in [4.69, 9.17) is 44.2 Å². The molecule has 3 aromatic heterocycles. The minimum absolute atomic E-state index is 0.00979. The van der Waals surface area contributed by atoms with Crippen molar-refractivity contribution in [2.24, 2.45) is 5.73 Å². The van der Waals surface area contributed by atoms with Crippen LogP contribution in [-0.2, 0) is 54.9 Å². The summed E-state index contributed by atoms with van der Waals surface area (Å²) in [6.45, 7) is 21.5. The van der Waals surface area contributed by atoms with Gasteiger partial charge >= 0.3 is 34.7 Å². The number of carbonyl (C=O) groups is 5. The first kappa shape index (κ1) is 99.2. The topological polar surface area (TPSA) is 431 Å². The molecule has 1 unspecified atom stereocenters. The molecule has 656 valence electrons. The molecule has 0 saturated heterocycles. The van der Waals surface area contributed by atoms with Crippen LogP contribution in [0.3, 0.4) is 0 Å². The van der Waals surface area contributed by atoms with Crippen molar-refractivity contribution in [2.75, 3.05) is 10.1 Å². The summed E-state index contributed by atoms with van der Waals surface area (Å²) in [6.07, 6.45) is -0.545. The summed E-state index contributed by atoms with van der Waals surface area (Å²) in [5.74, 6) is 0.126. The normalized spacial score (nSPS) is 12.5. The smallest absolute Gasteiger partial charge is 0.408 e. The molecule has 5 atom stereocenters. The number of aromatic nitrogens is 3. The molecule has 0 spiro atoms. The number of halogens is 1. The van der Waals surface area contributed by atoms with Crippen molar-refractivity contribution in [1.29, 1.82) is 0 Å². The second kappa shape index (κ2) is 46.5. The molecule has 0 aliphatic carbocycles. The minimum atomic E-state index is -4.34. The third-order valence-electron chi connectivity index (χ3n) is 16.5. The number of thiol groups is 1. The lowest BCUT2D eigenvalue weighted by Crippen LogP contribution is -2.48. The van der Waals surface area contributed by atoms with Crippen molar-refractivity contribution in [3.63, 3.8) is 0 Å². The molecule has 0 radical (unpaired) electrons. The number of rotatable bonds is 26. The molecule has 0 aliphatic rings. The number of alkyl carbamates (subject to hydrolysis) is 4. The summed E-state index contributed by atoms with van der Waals surface area (Å²) in [6, 6.07) is 61.9. The summed E-state index contributed by atoms with van der Waals surface area (Å²) in [7, 11) is -4.34. The molecule has 11 rings (SSSR count). The lowest BCUT2D eigenvalue weighted by Gasteiger charge is -2.25. The molecule has 36 heteroatoms. The third kappa shape index (κ3) is 36.3. The van der Waals surface area contributed by atoms with E-state index in [0.717, 1.165) is 76.6 Å². The molecule has 11 aromatic rings. The van der Waals surface area contributed by atoms with Gasteiger partial charge in [0.2, 0.25) is 0 Å². The maximum absolute atomic E-state index is 12.5. The Bertz CT molecular complexity index is 5240. The zero-order valence-corrected chi connectivity index (χ0v) is 75.8. The maximum atomic E-state index is 12.5. The number of nitro benzene ring substituents is 3. The number of benzene rings is 8. The molecule has 0 saturated carbocycles. The van der Waals surface area contributed by atoms with Crippen LogP contribution in [0.15, 0.2) is 235 Å². The number of nitrogens with zero attached hydrogens (tertiary/aromatic N) is 6. The average molecular weight is 1850 g/mol. The molecular formula is C88H99BrN12O18S5. The molecule has 0 bridgehead atoms. The minimum Gasteiger partial charge on any atom is -0.444 e. The number of alkyl halides is 1. The van der Waals surface area contributed by atoms with Crippen LogP contribution in [0, 0.1) is 30.3 Å². The van der Waals surface area contributed by atoms with Crippen LogP contribution in [0.4, 0.5) is 41.9 Å². The van der Waals surface area contributed by atoms with Gasteiger partial charge in [0, 0.05) is 74.8 Å². The highest BCUT2D eigenvalue weighted by Crippen LogP contribution is 2.33. The van der Waals surface area contributed by atoms with Crippen molar-refractivity contribution < 1.29 is 70.7 Å². The zero-order chi connectivity index (χ0) is 91.1. The van der Waals surface area contributed by atoms with E-state index >= 15 is 0 Å². The lowest BCUT2D eigenvalue weighted by atomic mass is 10.1. The van der Waals surface area contributed by atoms with Crippen LogP contribution < -0.4 is 31.7 Å². The molecule has 0 fully saturated rings. The second-order valence-electron chi connectivity index (χ2n) is 31.4. The van der Waals surface area contributed by atoms with Gasteiger partial charge < -0.3 is 45.9 Å². The highest BCUT2D eigenvalue weighted by molar-refractivity contribution is 9.09. The van der Waals surface area contributed by atoms with Crippen molar-refractivity contribution in [3.8, 4) is 33.8 Å². The van der Waals surface area contributed by atoms with E-state index in [9.17, 15) is 62.7 Å². The van der Waals surface area contributed by atoms with Crippen LogP contribution in [0.1, 0.15) is 149 Å². The monoisotopic (exact) mass is 1850 g/mol. The number of ketones is 1. The Morgan fingerprint density at radius 2 is 0.685 bits per heavy atom. The number of nitrogens with two attached hydrogens (primary N) is 1. The predicted octanol–water partition coefficient (Wildman–Crippen LogP) is 20.4. The van der Waals surface area contributed by atoms with Crippen LogP contribution in [0.2, 0.25) is 0 Å². The van der Waals surface area contributed by atoms with E-state index in [-0.39, 0.29) is 28.5 Å². The molecular weight excluding hydrogens is 1750 g/mol. The van der Waals surface area contributed by atoms with Crippen LogP contribution >= 0.6 is 62.6 Å². The van der Waals surface area contributed by atoms with Gasteiger partial charge in [0.05, 0.1) is 72.4 Å². The number of nitrogens with one attached hydrogen (secondary N) is 5. The SMILES string of the molecule is CC(C)(C)OC(=O)N[C@@H](Cc1ccc(NS(=O)(=O)O)cc1)c1nc(-c2ccccc2)cs1.CC(C)(C)OC(=O)N[C@@H](Cc1ccc([N+](=O)[O-])cc1)C(N)S.CC(C)(C)OC(=O)N[C@@H](Cc1ccc([N+](=O)[O-])cc1)c1nc(-c2ccccc2)cs1.CC(C)(C)OC(=O)N[C@@H](Cc1ccc([N+](=O)[O-])cc1)c1nc(-c2ccccc2)cs1.O=C(CBr)c1ccccc1. The number of amides is 4. The maximum Gasteiger partial charge on any atom is 0.408 e. The number of carbonyl (C=O) groups excluding carboxylic acids is 5. The fourth-order valence-electron chi connectivity index (χ4n) is 11.0. The molecule has 8 aromatic carbocycles. The van der Waals surface area contributed by atoms with Crippen molar-refractivity contribution in [2.45, 2.75) is 161 Å². The van der Waals surface area contributed by atoms with Gasteiger partial charge in [0.15, 0.2) is 5.78 Å². The number of non-ortho nitro benzene ring substituents is 3. The Kier molecular flexibility index (Phi) is 37.2. The summed E-state index contributed by atoms with van der Waals surface area (Å²) in [4.78, 5) is 105. The van der Waals surface area contributed by atoms with Gasteiger partial charge in [-0.3, -0.25) is 44.4 Å². The van der Waals surface area contributed by atoms with E-state index in [1.54, 1.807) is 132 Å².